The predicted octanol–water partition coefficient (Wildman–Crippen LogP) is 3.12. The van der Waals surface area contributed by atoms with Gasteiger partial charge in [0.05, 0.1) is 11.6 Å². The highest BCUT2D eigenvalue weighted by atomic mass is 35.5. The number of aliphatic hydroxyl groups excluding tert-OH is 1. The lowest BCUT2D eigenvalue weighted by Gasteiger charge is -2.23. The van der Waals surface area contributed by atoms with Crippen molar-refractivity contribution in [3.05, 3.63) is 41.0 Å². The number of nitrogens with zero attached hydrogens (tertiary/aromatic N) is 2. The molecule has 1 aliphatic carbocycles. The summed E-state index contributed by atoms with van der Waals surface area (Å²) in [5, 5.41) is 11.5. The van der Waals surface area contributed by atoms with Crippen molar-refractivity contribution in [3.8, 4) is 0 Å². The van der Waals surface area contributed by atoms with Gasteiger partial charge in [-0.25, -0.2) is 4.98 Å². The smallest absolute Gasteiger partial charge is 0.272 e. The molecule has 5 heteroatoms. The zero-order valence-corrected chi connectivity index (χ0v) is 13.3. The van der Waals surface area contributed by atoms with Crippen LogP contribution in [-0.4, -0.2) is 40.6 Å². The molecule has 1 saturated carbocycles. The minimum Gasteiger partial charge on any atom is -0.393 e. The van der Waals surface area contributed by atoms with Crippen LogP contribution in [0.25, 0.3) is 10.9 Å². The van der Waals surface area contributed by atoms with E-state index in [9.17, 15) is 9.90 Å². The number of carbonyl (C=O) groups is 1. The van der Waals surface area contributed by atoms with Crippen LogP contribution in [0, 0.1) is 5.92 Å². The summed E-state index contributed by atoms with van der Waals surface area (Å²) < 4.78 is 0. The fraction of sp³-hybridized carbons (Fsp3) is 0.412. The molecule has 2 atom stereocenters. The number of carbonyl (C=O) groups excluding carboxylic acids is 1. The third-order valence-corrected chi connectivity index (χ3v) is 4.58. The first kappa shape index (κ1) is 15.3. The van der Waals surface area contributed by atoms with E-state index in [0.717, 1.165) is 24.6 Å². The van der Waals surface area contributed by atoms with E-state index in [0.29, 0.717) is 22.8 Å². The number of rotatable bonds is 3. The molecule has 22 heavy (non-hydrogen) atoms. The van der Waals surface area contributed by atoms with Crippen molar-refractivity contribution in [1.82, 2.24) is 9.88 Å². The van der Waals surface area contributed by atoms with Gasteiger partial charge < -0.3 is 10.0 Å². The quantitative estimate of drug-likeness (QED) is 0.946. The summed E-state index contributed by atoms with van der Waals surface area (Å²) in [6, 6.07) is 9.07. The van der Waals surface area contributed by atoms with Gasteiger partial charge in [-0.05, 0) is 31.0 Å². The van der Waals surface area contributed by atoms with Crippen LogP contribution in [0.2, 0.25) is 5.02 Å². The molecule has 2 aromatic rings. The summed E-state index contributed by atoms with van der Waals surface area (Å²) in [7, 11) is 1.76. The Morgan fingerprint density at radius 2 is 2.14 bits per heavy atom. The van der Waals surface area contributed by atoms with Crippen LogP contribution in [0.4, 0.5) is 0 Å². The maximum Gasteiger partial charge on any atom is 0.272 e. The van der Waals surface area contributed by atoms with E-state index in [1.807, 2.05) is 12.1 Å². The predicted molar refractivity (Wildman–Crippen MR) is 87.1 cm³/mol. The summed E-state index contributed by atoms with van der Waals surface area (Å²) in [6.07, 6.45) is 2.54. The fourth-order valence-electron chi connectivity index (χ4n) is 3.07. The first-order chi connectivity index (χ1) is 10.5. The summed E-state index contributed by atoms with van der Waals surface area (Å²) in [5.41, 5.74) is 1.12. The number of pyridine rings is 1. The van der Waals surface area contributed by atoms with E-state index < -0.39 is 0 Å². The molecule has 1 aromatic carbocycles. The zero-order chi connectivity index (χ0) is 15.7. The Bertz CT molecular complexity index is 704. The Morgan fingerprint density at radius 1 is 1.36 bits per heavy atom. The molecule has 1 N–H and O–H groups in total. The van der Waals surface area contributed by atoms with Gasteiger partial charge in [0.25, 0.3) is 5.91 Å². The molecule has 3 rings (SSSR count). The fourth-order valence-corrected chi connectivity index (χ4v) is 3.24. The number of benzene rings is 1. The van der Waals surface area contributed by atoms with Crippen LogP contribution >= 0.6 is 11.6 Å². The van der Waals surface area contributed by atoms with Gasteiger partial charge in [0.2, 0.25) is 0 Å². The third-order valence-electron chi connectivity index (χ3n) is 4.35. The molecule has 0 aliphatic heterocycles. The number of amides is 1. The second-order valence-corrected chi connectivity index (χ2v) is 6.41. The van der Waals surface area contributed by atoms with Crippen LogP contribution in [0.15, 0.2) is 30.3 Å². The SMILES string of the molecule is CN(CC1CCCC1O)C(=O)c1ccc2ccc(Cl)cc2n1. The number of fused-ring (bicyclic) bond motifs is 1. The normalized spacial score (nSPS) is 21.2. The average molecular weight is 319 g/mol. The lowest BCUT2D eigenvalue weighted by molar-refractivity contribution is 0.0688. The maximum atomic E-state index is 12.5. The number of hydrogen-bond donors (Lipinski definition) is 1. The Labute approximate surface area is 134 Å². The number of hydrogen-bond acceptors (Lipinski definition) is 3. The van der Waals surface area contributed by atoms with Crippen molar-refractivity contribution >= 4 is 28.4 Å². The van der Waals surface area contributed by atoms with Crippen molar-refractivity contribution in [2.24, 2.45) is 5.92 Å². The molecule has 116 valence electrons. The highest BCUT2D eigenvalue weighted by molar-refractivity contribution is 6.31. The summed E-state index contributed by atoms with van der Waals surface area (Å²) >= 11 is 5.98. The van der Waals surface area contributed by atoms with Crippen molar-refractivity contribution in [1.29, 1.82) is 0 Å². The van der Waals surface area contributed by atoms with Crippen LogP contribution in [-0.2, 0) is 0 Å². The molecule has 0 radical (unpaired) electrons. The van der Waals surface area contributed by atoms with Gasteiger partial charge in [-0.3, -0.25) is 4.79 Å². The van der Waals surface area contributed by atoms with Gasteiger partial charge >= 0.3 is 0 Å². The van der Waals surface area contributed by atoms with Gasteiger partial charge in [0.15, 0.2) is 0 Å². The van der Waals surface area contributed by atoms with Crippen LogP contribution in [0.1, 0.15) is 29.8 Å². The first-order valence-corrected chi connectivity index (χ1v) is 7.92. The molecular weight excluding hydrogens is 300 g/mol. The molecule has 0 saturated heterocycles. The second kappa shape index (κ2) is 6.23. The summed E-state index contributed by atoms with van der Waals surface area (Å²) in [6.45, 7) is 0.565. The monoisotopic (exact) mass is 318 g/mol. The van der Waals surface area contributed by atoms with Crippen molar-refractivity contribution in [2.75, 3.05) is 13.6 Å². The number of aliphatic hydroxyl groups is 1. The highest BCUT2D eigenvalue weighted by Gasteiger charge is 2.28. The van der Waals surface area contributed by atoms with Gasteiger partial charge in [0.1, 0.15) is 5.69 Å². The molecule has 1 fully saturated rings. The van der Waals surface area contributed by atoms with Gasteiger partial charge in [0, 0.05) is 29.9 Å². The minimum absolute atomic E-state index is 0.124. The highest BCUT2D eigenvalue weighted by Crippen LogP contribution is 2.26. The topological polar surface area (TPSA) is 53.4 Å². The lowest BCUT2D eigenvalue weighted by atomic mass is 10.1. The molecule has 1 aliphatic rings. The Kier molecular flexibility index (Phi) is 4.32. The zero-order valence-electron chi connectivity index (χ0n) is 12.5. The molecule has 1 aromatic heterocycles. The molecule has 2 unspecified atom stereocenters. The van der Waals surface area contributed by atoms with E-state index in [2.05, 4.69) is 4.98 Å². The van der Waals surface area contributed by atoms with E-state index in [1.165, 1.54) is 0 Å². The third kappa shape index (κ3) is 3.08. The largest absolute Gasteiger partial charge is 0.393 e. The Balaban J connectivity index is 1.78. The standard InChI is InChI=1S/C17H19ClN2O2/c1-20(10-12-3-2-4-16(12)21)17(22)14-8-6-11-5-7-13(18)9-15(11)19-14/h5-9,12,16,21H,2-4,10H2,1H3. The molecule has 1 heterocycles. The molecular formula is C17H19ClN2O2. The first-order valence-electron chi connectivity index (χ1n) is 7.54. The van der Waals surface area contributed by atoms with Crippen molar-refractivity contribution in [2.45, 2.75) is 25.4 Å². The molecule has 4 nitrogen and oxygen atoms in total. The van der Waals surface area contributed by atoms with Crippen LogP contribution in [0.3, 0.4) is 0 Å². The van der Waals surface area contributed by atoms with Crippen molar-refractivity contribution in [3.63, 3.8) is 0 Å². The van der Waals surface area contributed by atoms with Gasteiger partial charge in [-0.2, -0.15) is 0 Å². The Morgan fingerprint density at radius 3 is 2.86 bits per heavy atom. The van der Waals surface area contributed by atoms with E-state index in [-0.39, 0.29) is 17.9 Å². The number of aromatic nitrogens is 1. The van der Waals surface area contributed by atoms with E-state index in [1.54, 1.807) is 30.1 Å². The van der Waals surface area contributed by atoms with Crippen LogP contribution < -0.4 is 0 Å². The number of halogens is 1. The van der Waals surface area contributed by atoms with Crippen molar-refractivity contribution < 1.29 is 9.90 Å². The molecule has 1 amide bonds. The summed E-state index contributed by atoms with van der Waals surface area (Å²) in [4.78, 5) is 18.6. The minimum atomic E-state index is -0.293. The lowest BCUT2D eigenvalue weighted by Crippen LogP contribution is -2.34. The maximum absolute atomic E-state index is 12.5. The molecule has 0 bridgehead atoms. The van der Waals surface area contributed by atoms with Gasteiger partial charge in [-0.1, -0.05) is 30.2 Å². The van der Waals surface area contributed by atoms with E-state index in [4.69, 9.17) is 11.6 Å². The van der Waals surface area contributed by atoms with Gasteiger partial charge in [-0.15, -0.1) is 0 Å². The van der Waals surface area contributed by atoms with E-state index >= 15 is 0 Å². The average Bonchev–Trinajstić information content (AvgIpc) is 2.90. The summed E-state index contributed by atoms with van der Waals surface area (Å²) in [5.74, 6) is 0.0461. The van der Waals surface area contributed by atoms with Crippen LogP contribution in [0.5, 0.6) is 0 Å². The molecule has 0 spiro atoms. The Hall–Kier alpha value is -1.65. The second-order valence-electron chi connectivity index (χ2n) is 5.98.